The van der Waals surface area contributed by atoms with Crippen LogP contribution in [0.3, 0.4) is 0 Å². The Labute approximate surface area is 124 Å². The van der Waals surface area contributed by atoms with E-state index in [4.69, 9.17) is 0 Å². The van der Waals surface area contributed by atoms with Gasteiger partial charge in [-0.15, -0.1) is 0 Å². The third-order valence-electron chi connectivity index (χ3n) is 4.81. The van der Waals surface area contributed by atoms with E-state index in [0.29, 0.717) is 18.9 Å². The second kappa shape index (κ2) is 5.02. The fraction of sp³-hybridized carbons (Fsp3) is 0.412. The average molecular weight is 281 g/mol. The van der Waals surface area contributed by atoms with Crippen molar-refractivity contribution in [3.8, 4) is 0 Å². The van der Waals surface area contributed by atoms with E-state index in [1.165, 1.54) is 11.1 Å². The second-order valence-electron chi connectivity index (χ2n) is 6.03. The minimum Gasteiger partial charge on any atom is -0.347 e. The Bertz CT molecular complexity index is 676. The fourth-order valence-electron chi connectivity index (χ4n) is 3.62. The van der Waals surface area contributed by atoms with E-state index in [1.807, 2.05) is 4.90 Å². The first-order valence-corrected chi connectivity index (χ1v) is 7.68. The van der Waals surface area contributed by atoms with Gasteiger partial charge in [-0.1, -0.05) is 24.3 Å². The number of carbonyl (C=O) groups is 1. The number of benzene rings is 1. The van der Waals surface area contributed by atoms with Gasteiger partial charge in [0.05, 0.1) is 24.3 Å². The minimum absolute atomic E-state index is 0.275. The lowest BCUT2D eigenvalue weighted by Crippen LogP contribution is -2.36. The van der Waals surface area contributed by atoms with E-state index in [-0.39, 0.29) is 5.91 Å². The Morgan fingerprint density at radius 3 is 3.19 bits per heavy atom. The van der Waals surface area contributed by atoms with Crippen LogP contribution in [0.5, 0.6) is 0 Å². The van der Waals surface area contributed by atoms with E-state index >= 15 is 0 Å². The highest BCUT2D eigenvalue weighted by atomic mass is 16.2. The molecule has 0 fully saturated rings. The number of fused-ring (bicyclic) bond motifs is 2. The van der Waals surface area contributed by atoms with Crippen LogP contribution in [0.15, 0.2) is 30.6 Å². The summed E-state index contributed by atoms with van der Waals surface area (Å²) >= 11 is 0. The summed E-state index contributed by atoms with van der Waals surface area (Å²) in [6.45, 7) is 1.48. The van der Waals surface area contributed by atoms with Crippen LogP contribution >= 0.6 is 0 Å². The first-order valence-electron chi connectivity index (χ1n) is 7.68. The summed E-state index contributed by atoms with van der Waals surface area (Å²) in [7, 11) is 0. The molecule has 108 valence electrons. The van der Waals surface area contributed by atoms with Gasteiger partial charge in [0, 0.05) is 19.4 Å². The third-order valence-corrected chi connectivity index (χ3v) is 4.81. The van der Waals surface area contributed by atoms with Crippen molar-refractivity contribution < 1.29 is 4.79 Å². The molecule has 1 aromatic heterocycles. The van der Waals surface area contributed by atoms with Crippen molar-refractivity contribution in [3.05, 3.63) is 53.1 Å². The van der Waals surface area contributed by atoms with Crippen LogP contribution in [0.1, 0.15) is 41.3 Å². The topological polar surface area (TPSA) is 49.0 Å². The maximum absolute atomic E-state index is 12.6. The minimum atomic E-state index is 0.275. The Hall–Kier alpha value is -2.10. The van der Waals surface area contributed by atoms with Gasteiger partial charge < -0.3 is 9.88 Å². The number of amides is 1. The predicted octanol–water partition coefficient (Wildman–Crippen LogP) is 2.41. The number of aromatic nitrogens is 2. The van der Waals surface area contributed by atoms with E-state index in [9.17, 15) is 4.79 Å². The molecule has 0 spiro atoms. The Morgan fingerprint density at radius 2 is 2.24 bits per heavy atom. The molecule has 0 bridgehead atoms. The zero-order valence-corrected chi connectivity index (χ0v) is 12.0. The zero-order valence-electron chi connectivity index (χ0n) is 12.0. The number of nitrogens with zero attached hydrogens (tertiary/aromatic N) is 2. The zero-order chi connectivity index (χ0) is 14.2. The van der Waals surface area contributed by atoms with Gasteiger partial charge in [-0.3, -0.25) is 4.79 Å². The third kappa shape index (κ3) is 2.24. The van der Waals surface area contributed by atoms with Crippen LogP contribution in [0.4, 0.5) is 0 Å². The Morgan fingerprint density at radius 1 is 1.33 bits per heavy atom. The van der Waals surface area contributed by atoms with Crippen molar-refractivity contribution in [1.29, 1.82) is 0 Å². The molecule has 0 saturated carbocycles. The van der Waals surface area contributed by atoms with Crippen LogP contribution in [-0.4, -0.2) is 27.3 Å². The standard InChI is InChI=1S/C17H19N3O/c21-17(20-8-7-15-16(10-20)19-11-18-15)9-13-6-5-12-3-1-2-4-14(12)13/h1-4,11,13H,5-10H2,(H,18,19)/t13-/m0/s1. The SMILES string of the molecule is O=C(C[C@@H]1CCc2ccccc21)N1CCc2nc[nH]c2C1. The van der Waals surface area contributed by atoms with Crippen LogP contribution in [0.25, 0.3) is 0 Å². The van der Waals surface area contributed by atoms with Crippen LogP contribution in [-0.2, 0) is 24.2 Å². The first kappa shape index (κ1) is 12.6. The van der Waals surface area contributed by atoms with Gasteiger partial charge in [0.1, 0.15) is 0 Å². The highest BCUT2D eigenvalue weighted by molar-refractivity contribution is 5.77. The molecular formula is C17H19N3O. The largest absolute Gasteiger partial charge is 0.347 e. The van der Waals surface area contributed by atoms with Gasteiger partial charge in [-0.2, -0.15) is 0 Å². The van der Waals surface area contributed by atoms with Crippen molar-refractivity contribution in [2.75, 3.05) is 6.54 Å². The summed E-state index contributed by atoms with van der Waals surface area (Å²) < 4.78 is 0. The van der Waals surface area contributed by atoms with Gasteiger partial charge in [-0.05, 0) is 29.9 Å². The summed E-state index contributed by atoms with van der Waals surface area (Å²) in [5.41, 5.74) is 5.02. The quantitative estimate of drug-likeness (QED) is 0.919. The molecule has 0 unspecified atom stereocenters. The highest BCUT2D eigenvalue weighted by Gasteiger charge is 2.28. The van der Waals surface area contributed by atoms with E-state index in [0.717, 1.165) is 37.2 Å². The molecule has 1 atom stereocenters. The molecule has 21 heavy (non-hydrogen) atoms. The number of imidazole rings is 1. The van der Waals surface area contributed by atoms with Gasteiger partial charge in [0.2, 0.25) is 5.91 Å². The fourth-order valence-corrected chi connectivity index (χ4v) is 3.62. The molecule has 4 rings (SSSR count). The number of aromatic amines is 1. The molecule has 2 heterocycles. The predicted molar refractivity (Wildman–Crippen MR) is 79.8 cm³/mol. The number of carbonyl (C=O) groups excluding carboxylic acids is 1. The van der Waals surface area contributed by atoms with E-state index in [1.54, 1.807) is 6.33 Å². The molecule has 4 heteroatoms. The lowest BCUT2D eigenvalue weighted by molar-refractivity contribution is -0.132. The summed E-state index contributed by atoms with van der Waals surface area (Å²) in [5.74, 6) is 0.675. The molecule has 4 nitrogen and oxygen atoms in total. The van der Waals surface area contributed by atoms with Crippen molar-refractivity contribution >= 4 is 5.91 Å². The van der Waals surface area contributed by atoms with Crippen molar-refractivity contribution in [2.45, 2.75) is 38.1 Å². The first-order chi connectivity index (χ1) is 10.3. The molecule has 0 radical (unpaired) electrons. The van der Waals surface area contributed by atoms with Gasteiger partial charge in [-0.25, -0.2) is 4.98 Å². The van der Waals surface area contributed by atoms with Crippen LogP contribution in [0, 0.1) is 0 Å². The van der Waals surface area contributed by atoms with Gasteiger partial charge in [0.15, 0.2) is 0 Å². The van der Waals surface area contributed by atoms with Gasteiger partial charge in [0.25, 0.3) is 0 Å². The number of hydrogen-bond acceptors (Lipinski definition) is 2. The maximum atomic E-state index is 12.6. The van der Waals surface area contributed by atoms with Crippen molar-refractivity contribution in [1.82, 2.24) is 14.9 Å². The molecule has 1 N–H and O–H groups in total. The molecule has 1 amide bonds. The number of rotatable bonds is 2. The lowest BCUT2D eigenvalue weighted by atomic mass is 9.97. The lowest BCUT2D eigenvalue weighted by Gasteiger charge is -2.27. The maximum Gasteiger partial charge on any atom is 0.223 e. The molecule has 1 aliphatic heterocycles. The molecule has 2 aromatic rings. The van der Waals surface area contributed by atoms with Crippen molar-refractivity contribution in [3.63, 3.8) is 0 Å². The van der Waals surface area contributed by atoms with E-state index < -0.39 is 0 Å². The number of H-pyrrole nitrogens is 1. The van der Waals surface area contributed by atoms with Gasteiger partial charge >= 0.3 is 0 Å². The molecular weight excluding hydrogens is 262 g/mol. The summed E-state index contributed by atoms with van der Waals surface area (Å²) in [6, 6.07) is 8.55. The normalized spacial score (nSPS) is 20.2. The number of nitrogens with one attached hydrogen (secondary N) is 1. The molecule has 2 aliphatic rings. The van der Waals surface area contributed by atoms with Crippen LogP contribution in [0.2, 0.25) is 0 Å². The number of hydrogen-bond donors (Lipinski definition) is 1. The van der Waals surface area contributed by atoms with Crippen LogP contribution < -0.4 is 0 Å². The highest BCUT2D eigenvalue weighted by Crippen LogP contribution is 2.35. The molecule has 1 aromatic carbocycles. The Balaban J connectivity index is 1.46. The summed E-state index contributed by atoms with van der Waals surface area (Å²) in [6.07, 6.45) is 5.45. The average Bonchev–Trinajstić information content (AvgIpc) is 3.13. The van der Waals surface area contributed by atoms with Crippen molar-refractivity contribution in [2.24, 2.45) is 0 Å². The second-order valence-corrected chi connectivity index (χ2v) is 6.03. The van der Waals surface area contributed by atoms with E-state index in [2.05, 4.69) is 34.2 Å². The summed E-state index contributed by atoms with van der Waals surface area (Å²) in [4.78, 5) is 22.0. The number of aryl methyl sites for hydroxylation is 1. The Kier molecular flexibility index (Phi) is 3.02. The monoisotopic (exact) mass is 281 g/mol. The molecule has 0 saturated heterocycles. The summed E-state index contributed by atoms with van der Waals surface area (Å²) in [5, 5.41) is 0. The smallest absolute Gasteiger partial charge is 0.223 e. The molecule has 1 aliphatic carbocycles.